The standard InChI is InChI=1S/C19H25NO6/c1-4-26-19(25)15(7-11(2)3)20-17(23)9-13(18(20)24)8-12-5-6-14(21)10-16(12)22/h5-6,10-11,13,15,21-22H,4,7-9H2,1-3H3. The smallest absolute Gasteiger partial charge is 0.329 e. The second kappa shape index (κ2) is 8.21. The van der Waals surface area contributed by atoms with Gasteiger partial charge in [0.05, 0.1) is 12.5 Å². The highest BCUT2D eigenvalue weighted by Crippen LogP contribution is 2.31. The van der Waals surface area contributed by atoms with E-state index in [9.17, 15) is 24.6 Å². The van der Waals surface area contributed by atoms with Gasteiger partial charge in [-0.25, -0.2) is 4.79 Å². The number of amides is 2. The first-order chi connectivity index (χ1) is 12.2. The van der Waals surface area contributed by atoms with E-state index in [4.69, 9.17) is 4.74 Å². The van der Waals surface area contributed by atoms with Gasteiger partial charge in [-0.2, -0.15) is 0 Å². The second-order valence-corrected chi connectivity index (χ2v) is 6.92. The maximum absolute atomic E-state index is 12.8. The van der Waals surface area contributed by atoms with Gasteiger partial charge in [-0.05, 0) is 37.3 Å². The van der Waals surface area contributed by atoms with Crippen molar-refractivity contribution in [1.29, 1.82) is 0 Å². The molecule has 0 spiro atoms. The van der Waals surface area contributed by atoms with Gasteiger partial charge in [0, 0.05) is 12.5 Å². The zero-order chi connectivity index (χ0) is 19.4. The number of nitrogens with zero attached hydrogens (tertiary/aromatic N) is 1. The number of phenolic OH excluding ortho intramolecular Hbond substituents is 2. The number of rotatable bonds is 7. The van der Waals surface area contributed by atoms with E-state index in [2.05, 4.69) is 0 Å². The van der Waals surface area contributed by atoms with Crippen molar-refractivity contribution in [3.63, 3.8) is 0 Å². The average molecular weight is 363 g/mol. The SMILES string of the molecule is CCOC(=O)C(CC(C)C)N1C(=O)CC(Cc2ccc(O)cc2O)C1=O. The Morgan fingerprint density at radius 3 is 2.58 bits per heavy atom. The highest BCUT2D eigenvalue weighted by Gasteiger charge is 2.45. The van der Waals surface area contributed by atoms with Gasteiger partial charge in [0.25, 0.3) is 0 Å². The Bertz CT molecular complexity index is 699. The van der Waals surface area contributed by atoms with Crippen molar-refractivity contribution in [2.45, 2.75) is 46.1 Å². The highest BCUT2D eigenvalue weighted by atomic mass is 16.5. The molecule has 142 valence electrons. The van der Waals surface area contributed by atoms with E-state index in [-0.39, 0.29) is 36.9 Å². The normalized spacial score (nSPS) is 18.5. The molecule has 1 aromatic rings. The van der Waals surface area contributed by atoms with Crippen LogP contribution in [0.4, 0.5) is 0 Å². The van der Waals surface area contributed by atoms with Crippen LogP contribution in [0.1, 0.15) is 39.2 Å². The molecule has 0 aromatic heterocycles. The van der Waals surface area contributed by atoms with E-state index in [1.807, 2.05) is 13.8 Å². The number of phenols is 2. The van der Waals surface area contributed by atoms with Gasteiger partial charge < -0.3 is 14.9 Å². The van der Waals surface area contributed by atoms with Crippen molar-refractivity contribution < 1.29 is 29.3 Å². The summed E-state index contributed by atoms with van der Waals surface area (Å²) < 4.78 is 5.05. The van der Waals surface area contributed by atoms with Crippen LogP contribution in [0.25, 0.3) is 0 Å². The maximum atomic E-state index is 12.8. The number of ether oxygens (including phenoxy) is 1. The van der Waals surface area contributed by atoms with Crippen LogP contribution < -0.4 is 0 Å². The first-order valence-corrected chi connectivity index (χ1v) is 8.78. The van der Waals surface area contributed by atoms with Crippen molar-refractivity contribution >= 4 is 17.8 Å². The summed E-state index contributed by atoms with van der Waals surface area (Å²) in [5, 5.41) is 19.3. The van der Waals surface area contributed by atoms with Crippen LogP contribution in [-0.4, -0.2) is 45.5 Å². The van der Waals surface area contributed by atoms with Gasteiger partial charge in [0.15, 0.2) is 0 Å². The molecule has 1 aliphatic rings. The molecule has 0 aliphatic carbocycles. The Balaban J connectivity index is 2.21. The maximum Gasteiger partial charge on any atom is 0.329 e. The summed E-state index contributed by atoms with van der Waals surface area (Å²) in [6, 6.07) is 3.19. The number of benzene rings is 1. The lowest BCUT2D eigenvalue weighted by atomic mass is 9.97. The molecular formula is C19H25NO6. The van der Waals surface area contributed by atoms with E-state index < -0.39 is 29.7 Å². The minimum atomic E-state index is -0.923. The van der Waals surface area contributed by atoms with Crippen molar-refractivity contribution in [1.82, 2.24) is 4.90 Å². The van der Waals surface area contributed by atoms with Gasteiger partial charge >= 0.3 is 5.97 Å². The molecule has 2 atom stereocenters. The molecule has 7 nitrogen and oxygen atoms in total. The lowest BCUT2D eigenvalue weighted by Gasteiger charge is -2.26. The fraction of sp³-hybridized carbons (Fsp3) is 0.526. The summed E-state index contributed by atoms with van der Waals surface area (Å²) in [5.74, 6) is -2.17. The van der Waals surface area contributed by atoms with Crippen LogP contribution >= 0.6 is 0 Å². The summed E-state index contributed by atoms with van der Waals surface area (Å²) in [5.41, 5.74) is 0.465. The molecule has 1 heterocycles. The number of esters is 1. The molecule has 2 N–H and O–H groups in total. The minimum Gasteiger partial charge on any atom is -0.508 e. The van der Waals surface area contributed by atoms with Gasteiger partial charge in [0.2, 0.25) is 11.8 Å². The van der Waals surface area contributed by atoms with E-state index in [0.29, 0.717) is 12.0 Å². The number of imide groups is 1. The Kier molecular flexibility index (Phi) is 6.23. The summed E-state index contributed by atoms with van der Waals surface area (Å²) in [4.78, 5) is 38.6. The number of aromatic hydroxyl groups is 2. The topological polar surface area (TPSA) is 104 Å². The largest absolute Gasteiger partial charge is 0.508 e. The minimum absolute atomic E-state index is 0.0207. The zero-order valence-corrected chi connectivity index (χ0v) is 15.3. The number of likely N-dealkylation sites (tertiary alicyclic amines) is 1. The lowest BCUT2D eigenvalue weighted by Crippen LogP contribution is -2.46. The molecule has 0 radical (unpaired) electrons. The summed E-state index contributed by atoms with van der Waals surface area (Å²) in [7, 11) is 0. The van der Waals surface area contributed by atoms with E-state index in [0.717, 1.165) is 4.90 Å². The molecule has 1 aliphatic heterocycles. The van der Waals surface area contributed by atoms with Crippen LogP contribution in [-0.2, 0) is 25.5 Å². The van der Waals surface area contributed by atoms with Crippen LogP contribution in [0.5, 0.6) is 11.5 Å². The fourth-order valence-corrected chi connectivity index (χ4v) is 3.19. The molecule has 0 saturated carbocycles. The molecule has 1 saturated heterocycles. The number of hydrogen-bond acceptors (Lipinski definition) is 6. The van der Waals surface area contributed by atoms with Crippen LogP contribution in [0.15, 0.2) is 18.2 Å². The predicted molar refractivity (Wildman–Crippen MR) is 93.3 cm³/mol. The van der Waals surface area contributed by atoms with Crippen molar-refractivity contribution in [3.8, 4) is 11.5 Å². The Morgan fingerprint density at radius 2 is 2.00 bits per heavy atom. The Labute approximate surface area is 152 Å². The summed E-state index contributed by atoms with van der Waals surface area (Å²) >= 11 is 0. The van der Waals surface area contributed by atoms with Crippen molar-refractivity contribution in [2.75, 3.05) is 6.61 Å². The second-order valence-electron chi connectivity index (χ2n) is 6.92. The third-order valence-corrected chi connectivity index (χ3v) is 4.38. The van der Waals surface area contributed by atoms with Crippen molar-refractivity contribution in [3.05, 3.63) is 23.8 Å². The van der Waals surface area contributed by atoms with Gasteiger partial charge in [-0.3, -0.25) is 14.5 Å². The Morgan fingerprint density at radius 1 is 1.31 bits per heavy atom. The number of carbonyl (C=O) groups is 3. The van der Waals surface area contributed by atoms with Crippen LogP contribution in [0.2, 0.25) is 0 Å². The molecule has 7 heteroatoms. The third-order valence-electron chi connectivity index (χ3n) is 4.38. The lowest BCUT2D eigenvalue weighted by molar-refractivity contribution is -0.159. The van der Waals surface area contributed by atoms with Crippen LogP contribution in [0.3, 0.4) is 0 Å². The molecule has 2 rings (SSSR count). The van der Waals surface area contributed by atoms with Crippen molar-refractivity contribution in [2.24, 2.45) is 11.8 Å². The summed E-state index contributed by atoms with van der Waals surface area (Å²) in [6.45, 7) is 5.66. The average Bonchev–Trinajstić information content (AvgIpc) is 2.82. The summed E-state index contributed by atoms with van der Waals surface area (Å²) in [6.07, 6.45) is 0.477. The quantitative estimate of drug-likeness (QED) is 0.567. The fourth-order valence-electron chi connectivity index (χ4n) is 3.19. The van der Waals surface area contributed by atoms with E-state index in [1.165, 1.54) is 18.2 Å². The van der Waals surface area contributed by atoms with E-state index in [1.54, 1.807) is 6.92 Å². The predicted octanol–water partition coefficient (Wildman–Crippen LogP) is 1.99. The first kappa shape index (κ1) is 19.8. The van der Waals surface area contributed by atoms with Gasteiger partial charge in [-0.1, -0.05) is 19.9 Å². The molecule has 0 bridgehead atoms. The third kappa shape index (κ3) is 4.33. The molecule has 1 aromatic carbocycles. The molecule has 2 unspecified atom stereocenters. The highest BCUT2D eigenvalue weighted by molar-refractivity contribution is 6.06. The zero-order valence-electron chi connectivity index (χ0n) is 15.3. The Hall–Kier alpha value is -2.57. The van der Waals surface area contributed by atoms with E-state index >= 15 is 0 Å². The molecular weight excluding hydrogens is 338 g/mol. The van der Waals surface area contributed by atoms with Gasteiger partial charge in [-0.15, -0.1) is 0 Å². The molecule has 1 fully saturated rings. The van der Waals surface area contributed by atoms with Gasteiger partial charge in [0.1, 0.15) is 17.5 Å². The molecule has 26 heavy (non-hydrogen) atoms. The first-order valence-electron chi connectivity index (χ1n) is 8.78. The monoisotopic (exact) mass is 363 g/mol. The number of carbonyl (C=O) groups excluding carboxylic acids is 3. The number of hydrogen-bond donors (Lipinski definition) is 2. The molecule has 2 amide bonds. The van der Waals surface area contributed by atoms with Crippen LogP contribution in [0, 0.1) is 11.8 Å².